The first kappa shape index (κ1) is 29.3. The lowest BCUT2D eigenvalue weighted by molar-refractivity contribution is -0.154. The second-order valence-electron chi connectivity index (χ2n) is 8.58. The van der Waals surface area contributed by atoms with Crippen LogP contribution in [-0.4, -0.2) is 91.2 Å². The number of allylic oxidation sites excluding steroid dienone is 1. The summed E-state index contributed by atoms with van der Waals surface area (Å²) in [6.45, 7) is 0. The van der Waals surface area contributed by atoms with Crippen LogP contribution in [0.2, 0.25) is 0 Å². The van der Waals surface area contributed by atoms with Crippen LogP contribution in [0.15, 0.2) is 46.1 Å². The quantitative estimate of drug-likeness (QED) is 0.237. The van der Waals surface area contributed by atoms with E-state index >= 15 is 0 Å². The molecule has 0 unspecified atom stereocenters. The van der Waals surface area contributed by atoms with Crippen molar-refractivity contribution < 1.29 is 61.9 Å². The largest absolute Gasteiger partial charge is 0.469 e. The summed E-state index contributed by atoms with van der Waals surface area (Å²) < 4.78 is 35.7. The summed E-state index contributed by atoms with van der Waals surface area (Å²) in [7, 11) is 7.51. The Morgan fingerprint density at radius 1 is 0.641 bits per heavy atom. The van der Waals surface area contributed by atoms with Crippen molar-refractivity contribution in [2.75, 3.05) is 49.8 Å². The Hall–Kier alpha value is -4.26. The number of rotatable bonds is 7. The molecule has 2 bridgehead atoms. The van der Waals surface area contributed by atoms with E-state index in [0.717, 1.165) is 42.7 Å². The van der Waals surface area contributed by atoms with Crippen LogP contribution in [0.3, 0.4) is 0 Å². The third-order valence-electron chi connectivity index (χ3n) is 7.22. The second-order valence-corrected chi connectivity index (χ2v) is 8.58. The number of fused-ring (bicyclic) bond motifs is 1. The van der Waals surface area contributed by atoms with Gasteiger partial charge in [-0.15, -0.1) is 0 Å². The lowest BCUT2D eigenvalue weighted by Crippen LogP contribution is -2.59. The minimum Gasteiger partial charge on any atom is -0.469 e. The minimum atomic E-state index is -1.99. The maximum Gasteiger partial charge on any atom is 0.339 e. The van der Waals surface area contributed by atoms with Crippen LogP contribution in [0.1, 0.15) is 0 Å². The molecule has 4 aliphatic carbocycles. The van der Waals surface area contributed by atoms with Crippen molar-refractivity contribution in [2.24, 2.45) is 23.7 Å². The van der Waals surface area contributed by atoms with E-state index in [0.29, 0.717) is 0 Å². The normalized spacial score (nSPS) is 27.0. The van der Waals surface area contributed by atoms with Crippen molar-refractivity contribution in [3.8, 4) is 0 Å². The molecule has 0 N–H and O–H groups in total. The van der Waals surface area contributed by atoms with Crippen molar-refractivity contribution in [3.05, 3.63) is 46.1 Å². The summed E-state index contributed by atoms with van der Waals surface area (Å²) in [5.41, 5.74) is -4.35. The third kappa shape index (κ3) is 4.22. The van der Waals surface area contributed by atoms with Gasteiger partial charge in [0.25, 0.3) is 0 Å². The number of hydrogen-bond acceptors (Lipinski definition) is 13. The van der Waals surface area contributed by atoms with E-state index in [4.69, 9.17) is 33.2 Å². The first-order valence-corrected chi connectivity index (χ1v) is 11.5. The highest BCUT2D eigenvalue weighted by Gasteiger charge is 2.66. The van der Waals surface area contributed by atoms with E-state index in [9.17, 15) is 28.8 Å². The van der Waals surface area contributed by atoms with E-state index in [1.54, 1.807) is 6.08 Å². The standard InChI is InChI=1S/C26H28O13/c1-33-20(27)13-10-11-8-9-12(14(13)21(28)34-2)18-16(23(30)36-4)15(22(29)35-3)17(24(31)37-5)19(25(32)38-6)26(11,18)39-7/h8-12,14,18H,1-7H3/t11-,12+,14+,18-,26-/m0/s1. The summed E-state index contributed by atoms with van der Waals surface area (Å²) in [5, 5.41) is 0. The van der Waals surface area contributed by atoms with Crippen LogP contribution in [-0.2, 0) is 61.9 Å². The van der Waals surface area contributed by atoms with Gasteiger partial charge >= 0.3 is 35.8 Å². The SMILES string of the molecule is COC(=O)C1=C[C@@H]2C=C[C@H]([C@H]1C(=O)OC)[C@H]1C(C(=O)OC)=C(C(=O)OC)C(C(=O)OC)=C(C(=O)OC)[C@]21OC. The molecule has 4 rings (SSSR count). The molecule has 0 aromatic heterocycles. The molecule has 39 heavy (non-hydrogen) atoms. The molecule has 0 aliphatic heterocycles. The maximum absolute atomic E-state index is 13.5. The third-order valence-corrected chi connectivity index (χ3v) is 7.22. The van der Waals surface area contributed by atoms with Crippen LogP contribution < -0.4 is 0 Å². The highest BCUT2D eigenvalue weighted by molar-refractivity contribution is 6.17. The summed E-state index contributed by atoms with van der Waals surface area (Å²) in [6.07, 6.45) is 4.42. The van der Waals surface area contributed by atoms with Crippen LogP contribution >= 0.6 is 0 Å². The number of hydrogen-bond donors (Lipinski definition) is 0. The Balaban J connectivity index is 2.66. The van der Waals surface area contributed by atoms with Gasteiger partial charge in [-0.1, -0.05) is 18.2 Å². The van der Waals surface area contributed by atoms with E-state index in [1.165, 1.54) is 19.3 Å². The molecule has 0 fully saturated rings. The van der Waals surface area contributed by atoms with Gasteiger partial charge in [-0.3, -0.25) is 4.79 Å². The topological polar surface area (TPSA) is 167 Å². The summed E-state index contributed by atoms with van der Waals surface area (Å²) in [5.74, 6) is -11.3. The first-order chi connectivity index (χ1) is 18.5. The molecule has 0 spiro atoms. The monoisotopic (exact) mass is 548 g/mol. The highest BCUT2D eigenvalue weighted by Crippen LogP contribution is 2.59. The molecule has 13 heteroatoms. The molecule has 0 heterocycles. The number of esters is 6. The molecule has 13 nitrogen and oxygen atoms in total. The molecule has 5 atom stereocenters. The van der Waals surface area contributed by atoms with Crippen LogP contribution in [0.25, 0.3) is 0 Å². The fourth-order valence-electron chi connectivity index (χ4n) is 5.73. The van der Waals surface area contributed by atoms with E-state index in [2.05, 4.69) is 0 Å². The Morgan fingerprint density at radius 2 is 1.18 bits per heavy atom. The zero-order valence-corrected chi connectivity index (χ0v) is 22.3. The van der Waals surface area contributed by atoms with Gasteiger partial charge in [0.05, 0.1) is 70.9 Å². The van der Waals surface area contributed by atoms with Crippen molar-refractivity contribution in [3.63, 3.8) is 0 Å². The van der Waals surface area contributed by atoms with Crippen LogP contribution in [0, 0.1) is 23.7 Å². The molecule has 0 aromatic carbocycles. The van der Waals surface area contributed by atoms with E-state index in [-0.39, 0.29) is 5.57 Å². The van der Waals surface area contributed by atoms with Gasteiger partial charge < -0.3 is 33.2 Å². The fraction of sp³-hybridized carbons (Fsp3) is 0.462. The number of methoxy groups -OCH3 is 7. The molecular weight excluding hydrogens is 520 g/mol. The first-order valence-electron chi connectivity index (χ1n) is 11.5. The lowest BCUT2D eigenvalue weighted by atomic mass is 9.56. The number of carbonyl (C=O) groups excluding carboxylic acids is 6. The summed E-state index contributed by atoms with van der Waals surface area (Å²) in [4.78, 5) is 79.4. The molecule has 0 amide bonds. The fourth-order valence-corrected chi connectivity index (χ4v) is 5.73. The second kappa shape index (κ2) is 11.2. The molecule has 0 saturated carbocycles. The lowest BCUT2D eigenvalue weighted by Gasteiger charge is -2.51. The Kier molecular flexibility index (Phi) is 8.44. The predicted molar refractivity (Wildman–Crippen MR) is 127 cm³/mol. The van der Waals surface area contributed by atoms with Gasteiger partial charge in [0.2, 0.25) is 0 Å². The smallest absolute Gasteiger partial charge is 0.339 e. The van der Waals surface area contributed by atoms with Gasteiger partial charge in [-0.25, -0.2) is 24.0 Å². The molecule has 210 valence electrons. The molecule has 0 aromatic rings. The average Bonchev–Trinajstić information content (AvgIpc) is 3.23. The molecule has 0 radical (unpaired) electrons. The average molecular weight is 548 g/mol. The summed E-state index contributed by atoms with van der Waals surface area (Å²) >= 11 is 0. The number of ether oxygens (including phenoxy) is 7. The predicted octanol–water partition coefficient (Wildman–Crippen LogP) is -0.00900. The molecule has 0 saturated heterocycles. The highest BCUT2D eigenvalue weighted by atomic mass is 16.6. The van der Waals surface area contributed by atoms with Gasteiger partial charge in [0.1, 0.15) is 5.60 Å². The van der Waals surface area contributed by atoms with Crippen molar-refractivity contribution in [1.29, 1.82) is 0 Å². The Labute approximate surface area is 223 Å². The van der Waals surface area contributed by atoms with Gasteiger partial charge in [0.15, 0.2) is 0 Å². The van der Waals surface area contributed by atoms with Crippen LogP contribution in [0.4, 0.5) is 0 Å². The van der Waals surface area contributed by atoms with Gasteiger partial charge in [-0.05, 0) is 0 Å². The van der Waals surface area contributed by atoms with Crippen molar-refractivity contribution >= 4 is 35.8 Å². The van der Waals surface area contributed by atoms with Crippen molar-refractivity contribution in [1.82, 2.24) is 0 Å². The van der Waals surface area contributed by atoms with E-state index < -0.39 is 87.4 Å². The zero-order chi connectivity index (χ0) is 29.2. The van der Waals surface area contributed by atoms with Gasteiger partial charge in [0, 0.05) is 30.4 Å². The summed E-state index contributed by atoms with van der Waals surface area (Å²) in [6, 6.07) is 0. The molecular formula is C26H28O13. The minimum absolute atomic E-state index is 0.150. The van der Waals surface area contributed by atoms with E-state index in [1.807, 2.05) is 0 Å². The zero-order valence-electron chi connectivity index (χ0n) is 22.3. The van der Waals surface area contributed by atoms with Crippen molar-refractivity contribution in [2.45, 2.75) is 5.60 Å². The Bertz CT molecular complexity index is 1250. The van der Waals surface area contributed by atoms with Gasteiger partial charge in [-0.2, -0.15) is 0 Å². The Morgan fingerprint density at radius 3 is 1.67 bits per heavy atom. The molecule has 4 aliphatic rings. The number of carbonyl (C=O) groups is 6. The maximum atomic E-state index is 13.5. The van der Waals surface area contributed by atoms with Crippen LogP contribution in [0.5, 0.6) is 0 Å².